The third kappa shape index (κ3) is 31.9. The lowest BCUT2D eigenvalue weighted by molar-refractivity contribution is 0.564. The second-order valence-electron chi connectivity index (χ2n) is 8.39. The number of unbranched alkanes of at least 4 members (excludes halogenated alkanes) is 7. The van der Waals surface area contributed by atoms with E-state index in [1.54, 1.807) is 0 Å². The number of hydrogen-bond acceptors (Lipinski definition) is 6. The molecular weight excluding hydrogens is 422 g/mol. The molecule has 0 fully saturated rings. The minimum absolute atomic E-state index is 0.280. The molecule has 6 N–H and O–H groups in total. The molecule has 0 atom stereocenters. The molecule has 8 heteroatoms. The fraction of sp³-hybridized carbons (Fsp3) is 1.00. The van der Waals surface area contributed by atoms with Gasteiger partial charge in [-0.15, -0.1) is 0 Å². The van der Waals surface area contributed by atoms with Crippen LogP contribution in [0.1, 0.15) is 97.8 Å². The Labute approximate surface area is 200 Å². The first-order valence-electron chi connectivity index (χ1n) is 13.3. The molecule has 0 aliphatic carbocycles. The molecule has 0 radical (unpaired) electrons. The highest BCUT2D eigenvalue weighted by molar-refractivity contribution is 7.89. The Hall–Kier alpha value is -0.250. The van der Waals surface area contributed by atoms with E-state index in [0.29, 0.717) is 6.54 Å². The maximum absolute atomic E-state index is 11.7. The summed E-state index contributed by atoms with van der Waals surface area (Å²) in [5.41, 5.74) is 5.37. The van der Waals surface area contributed by atoms with E-state index < -0.39 is 10.0 Å². The Balaban J connectivity index is 0. The van der Waals surface area contributed by atoms with Gasteiger partial charge in [0, 0.05) is 6.54 Å². The molecule has 0 amide bonds. The van der Waals surface area contributed by atoms with Crippen LogP contribution >= 0.6 is 0 Å². The Morgan fingerprint density at radius 2 is 1.12 bits per heavy atom. The summed E-state index contributed by atoms with van der Waals surface area (Å²) in [5.74, 6) is 0.280. The van der Waals surface area contributed by atoms with Crippen molar-refractivity contribution in [2.24, 2.45) is 5.73 Å². The number of rotatable bonds is 24. The fourth-order valence-electron chi connectivity index (χ4n) is 3.09. The van der Waals surface area contributed by atoms with Crippen LogP contribution in [-0.2, 0) is 10.0 Å². The maximum Gasteiger partial charge on any atom is 0.211 e. The lowest BCUT2D eigenvalue weighted by Gasteiger charge is -2.07. The third-order valence-electron chi connectivity index (χ3n) is 5.06. The Morgan fingerprint density at radius 1 is 0.562 bits per heavy atom. The van der Waals surface area contributed by atoms with Crippen molar-refractivity contribution in [2.45, 2.75) is 97.8 Å². The van der Waals surface area contributed by atoms with Gasteiger partial charge in [-0.2, -0.15) is 0 Å². The van der Waals surface area contributed by atoms with Gasteiger partial charge in [0.2, 0.25) is 10.0 Å². The minimum Gasteiger partial charge on any atom is -0.330 e. The highest BCUT2D eigenvalue weighted by atomic mass is 32.2. The van der Waals surface area contributed by atoms with E-state index in [9.17, 15) is 8.42 Å². The average molecular weight is 480 g/mol. The number of nitrogens with one attached hydrogen (secondary N) is 4. The second-order valence-corrected chi connectivity index (χ2v) is 10.3. The molecule has 0 bridgehead atoms. The molecule has 0 aliphatic rings. The van der Waals surface area contributed by atoms with Gasteiger partial charge in [0.15, 0.2) is 0 Å². The molecule has 0 saturated heterocycles. The summed E-state index contributed by atoms with van der Waals surface area (Å²) < 4.78 is 26.0. The maximum atomic E-state index is 11.7. The number of sulfonamides is 1. The molecule has 0 heterocycles. The first-order valence-corrected chi connectivity index (χ1v) is 15.0. The van der Waals surface area contributed by atoms with Gasteiger partial charge in [0.1, 0.15) is 0 Å². The first-order chi connectivity index (χ1) is 15.5. The van der Waals surface area contributed by atoms with E-state index in [4.69, 9.17) is 5.73 Å². The van der Waals surface area contributed by atoms with Crippen LogP contribution in [0.4, 0.5) is 0 Å². The SMILES string of the molecule is CCCCCCCCCS(=O)(=O)NCCCNCC.CCCNCCCCNCCCN. The van der Waals surface area contributed by atoms with Crippen molar-refractivity contribution in [1.29, 1.82) is 0 Å². The van der Waals surface area contributed by atoms with Crippen LogP contribution in [0.2, 0.25) is 0 Å². The van der Waals surface area contributed by atoms with Crippen molar-refractivity contribution >= 4 is 10.0 Å². The molecular formula is C24H57N5O2S. The van der Waals surface area contributed by atoms with Crippen molar-refractivity contribution in [1.82, 2.24) is 20.7 Å². The van der Waals surface area contributed by atoms with Crippen molar-refractivity contribution in [3.63, 3.8) is 0 Å². The van der Waals surface area contributed by atoms with Gasteiger partial charge in [-0.1, -0.05) is 59.3 Å². The monoisotopic (exact) mass is 479 g/mol. The summed E-state index contributed by atoms with van der Waals surface area (Å²) in [6.07, 6.45) is 13.8. The topological polar surface area (TPSA) is 108 Å². The molecule has 0 aromatic carbocycles. The van der Waals surface area contributed by atoms with Crippen LogP contribution in [0.5, 0.6) is 0 Å². The van der Waals surface area contributed by atoms with E-state index in [2.05, 4.69) is 34.5 Å². The summed E-state index contributed by atoms with van der Waals surface area (Å²) in [6, 6.07) is 0. The van der Waals surface area contributed by atoms with Gasteiger partial charge < -0.3 is 21.7 Å². The van der Waals surface area contributed by atoms with Gasteiger partial charge in [-0.05, 0) is 84.3 Å². The lowest BCUT2D eigenvalue weighted by Crippen LogP contribution is -2.29. The van der Waals surface area contributed by atoms with Gasteiger partial charge in [0.25, 0.3) is 0 Å². The molecule has 0 aliphatic heterocycles. The van der Waals surface area contributed by atoms with Crippen LogP contribution in [0.3, 0.4) is 0 Å². The van der Waals surface area contributed by atoms with E-state index in [0.717, 1.165) is 77.9 Å². The van der Waals surface area contributed by atoms with Crippen LogP contribution in [0.25, 0.3) is 0 Å². The van der Waals surface area contributed by atoms with E-state index >= 15 is 0 Å². The van der Waals surface area contributed by atoms with E-state index in [1.807, 2.05) is 6.92 Å². The van der Waals surface area contributed by atoms with Crippen molar-refractivity contribution in [2.75, 3.05) is 58.1 Å². The Kier molecular flexibility index (Phi) is 30.5. The summed E-state index contributed by atoms with van der Waals surface area (Å²) in [7, 11) is -3.04. The van der Waals surface area contributed by atoms with Crippen LogP contribution < -0.4 is 26.4 Å². The Bertz CT molecular complexity index is 426. The molecule has 0 aromatic heterocycles. The standard InChI is InChI=1S/C14H32N2O2S.C10H25N3/c1-3-5-6-7-8-9-10-14-19(17,18)16-13-11-12-15-4-2;1-2-7-12-8-3-4-9-13-10-5-6-11/h15-16H,3-14H2,1-2H3;12-13H,2-11H2,1H3. The summed E-state index contributed by atoms with van der Waals surface area (Å²) in [6.45, 7) is 14.1. The van der Waals surface area contributed by atoms with Crippen LogP contribution in [0, 0.1) is 0 Å². The summed E-state index contributed by atoms with van der Waals surface area (Å²) in [5, 5.41) is 9.94. The quantitative estimate of drug-likeness (QED) is 0.136. The fourth-order valence-corrected chi connectivity index (χ4v) is 4.28. The minimum atomic E-state index is -3.04. The molecule has 0 saturated carbocycles. The summed E-state index contributed by atoms with van der Waals surface area (Å²) >= 11 is 0. The lowest BCUT2D eigenvalue weighted by atomic mass is 10.1. The van der Waals surface area contributed by atoms with Crippen molar-refractivity contribution in [3.8, 4) is 0 Å². The zero-order valence-corrected chi connectivity index (χ0v) is 22.5. The molecule has 0 rings (SSSR count). The highest BCUT2D eigenvalue weighted by Gasteiger charge is 2.08. The number of nitrogens with two attached hydrogens (primary N) is 1. The summed E-state index contributed by atoms with van der Waals surface area (Å²) in [4.78, 5) is 0. The third-order valence-corrected chi connectivity index (χ3v) is 6.53. The molecule has 32 heavy (non-hydrogen) atoms. The predicted molar refractivity (Wildman–Crippen MR) is 142 cm³/mol. The molecule has 196 valence electrons. The Morgan fingerprint density at radius 3 is 1.72 bits per heavy atom. The smallest absolute Gasteiger partial charge is 0.211 e. The zero-order chi connectivity index (χ0) is 24.2. The highest BCUT2D eigenvalue weighted by Crippen LogP contribution is 2.07. The van der Waals surface area contributed by atoms with E-state index in [-0.39, 0.29) is 5.75 Å². The zero-order valence-electron chi connectivity index (χ0n) is 21.7. The average Bonchev–Trinajstić information content (AvgIpc) is 2.78. The van der Waals surface area contributed by atoms with Gasteiger partial charge >= 0.3 is 0 Å². The second kappa shape index (κ2) is 28.8. The normalized spacial score (nSPS) is 11.4. The van der Waals surface area contributed by atoms with Gasteiger partial charge in [-0.3, -0.25) is 0 Å². The first kappa shape index (κ1) is 33.9. The number of hydrogen-bond donors (Lipinski definition) is 5. The van der Waals surface area contributed by atoms with Crippen molar-refractivity contribution in [3.05, 3.63) is 0 Å². The predicted octanol–water partition coefficient (Wildman–Crippen LogP) is 3.36. The van der Waals surface area contributed by atoms with Crippen LogP contribution in [0.15, 0.2) is 0 Å². The van der Waals surface area contributed by atoms with Gasteiger partial charge in [0.05, 0.1) is 5.75 Å². The van der Waals surface area contributed by atoms with E-state index in [1.165, 1.54) is 44.9 Å². The van der Waals surface area contributed by atoms with Gasteiger partial charge in [-0.25, -0.2) is 13.1 Å². The molecule has 0 unspecified atom stereocenters. The largest absolute Gasteiger partial charge is 0.330 e. The van der Waals surface area contributed by atoms with Crippen LogP contribution in [-0.4, -0.2) is 66.5 Å². The molecule has 0 aromatic rings. The molecule has 0 spiro atoms. The molecule has 7 nitrogen and oxygen atoms in total. The van der Waals surface area contributed by atoms with Crippen molar-refractivity contribution < 1.29 is 8.42 Å².